The molecule has 0 aromatic carbocycles. The molecule has 0 saturated carbocycles. The maximum atomic E-state index is 5.90. The summed E-state index contributed by atoms with van der Waals surface area (Å²) >= 11 is 7.37. The number of hydrogen-bond donors (Lipinski definition) is 1. The molecule has 1 N–H and O–H groups in total. The Labute approximate surface area is 129 Å². The number of rotatable bonds is 5. The van der Waals surface area contributed by atoms with Gasteiger partial charge in [0.2, 0.25) is 5.88 Å². The summed E-state index contributed by atoms with van der Waals surface area (Å²) in [6.45, 7) is 2.95. The Morgan fingerprint density at radius 2 is 2.16 bits per heavy atom. The van der Waals surface area contributed by atoms with Gasteiger partial charge in [0.15, 0.2) is 5.16 Å². The average Bonchev–Trinajstić information content (AvgIpc) is 2.39. The van der Waals surface area contributed by atoms with Crippen molar-refractivity contribution in [3.8, 4) is 5.88 Å². The number of nitrogens with one attached hydrogen (secondary N) is 1. The van der Waals surface area contributed by atoms with Crippen LogP contribution in [0.4, 0.5) is 0 Å². The minimum Gasteiger partial charge on any atom is -0.478 e. The van der Waals surface area contributed by atoms with Gasteiger partial charge in [-0.15, -0.1) is 12.4 Å². The summed E-state index contributed by atoms with van der Waals surface area (Å²) in [5, 5.41) is 4.45. The van der Waals surface area contributed by atoms with E-state index in [2.05, 4.69) is 15.3 Å². The average molecular weight is 324 g/mol. The third kappa shape index (κ3) is 5.73. The van der Waals surface area contributed by atoms with Gasteiger partial charge in [-0.2, -0.15) is 4.98 Å². The molecule has 1 fully saturated rings. The number of thioether (sulfide) groups is 1. The third-order valence-electron chi connectivity index (χ3n) is 3.07. The number of piperidine rings is 1. The fourth-order valence-electron chi connectivity index (χ4n) is 2.04. The van der Waals surface area contributed by atoms with Crippen LogP contribution in [0.25, 0.3) is 0 Å². The molecule has 0 atom stereocenters. The number of aromatic nitrogens is 2. The fourth-order valence-corrected chi connectivity index (χ4v) is 2.64. The first kappa shape index (κ1) is 16.8. The molecule has 1 aliphatic rings. The molecular formula is C12H19Cl2N3OS. The largest absolute Gasteiger partial charge is 0.478 e. The molecule has 0 amide bonds. The van der Waals surface area contributed by atoms with Crippen LogP contribution in [0.5, 0.6) is 5.88 Å². The second kappa shape index (κ2) is 8.84. The molecule has 0 aliphatic carbocycles. The van der Waals surface area contributed by atoms with Crippen LogP contribution in [0.2, 0.25) is 5.15 Å². The van der Waals surface area contributed by atoms with Crippen LogP contribution in [0.15, 0.2) is 11.2 Å². The van der Waals surface area contributed by atoms with E-state index >= 15 is 0 Å². The predicted octanol–water partition coefficient (Wildman–Crippen LogP) is 3.04. The van der Waals surface area contributed by atoms with Crippen molar-refractivity contribution in [3.63, 3.8) is 0 Å². The number of nitrogens with zero attached hydrogens (tertiary/aromatic N) is 2. The van der Waals surface area contributed by atoms with Crippen LogP contribution < -0.4 is 10.1 Å². The zero-order valence-corrected chi connectivity index (χ0v) is 13.3. The first-order valence-corrected chi connectivity index (χ1v) is 7.80. The molecule has 7 heteroatoms. The van der Waals surface area contributed by atoms with Gasteiger partial charge < -0.3 is 10.1 Å². The molecule has 4 nitrogen and oxygen atoms in total. The Hall–Kier alpha value is -0.230. The van der Waals surface area contributed by atoms with Crippen LogP contribution in [0, 0.1) is 5.92 Å². The van der Waals surface area contributed by atoms with E-state index in [1.54, 1.807) is 6.07 Å². The van der Waals surface area contributed by atoms with Crippen molar-refractivity contribution in [2.24, 2.45) is 5.92 Å². The molecule has 1 saturated heterocycles. The lowest BCUT2D eigenvalue weighted by molar-refractivity contribution is 0.243. The van der Waals surface area contributed by atoms with Crippen LogP contribution in [-0.2, 0) is 0 Å². The maximum Gasteiger partial charge on any atom is 0.218 e. The molecule has 0 bridgehead atoms. The summed E-state index contributed by atoms with van der Waals surface area (Å²) in [7, 11) is 0. The van der Waals surface area contributed by atoms with Gasteiger partial charge in [0.05, 0.1) is 6.61 Å². The minimum atomic E-state index is 0. The van der Waals surface area contributed by atoms with Gasteiger partial charge in [0.25, 0.3) is 0 Å². The molecule has 2 heterocycles. The van der Waals surface area contributed by atoms with Gasteiger partial charge >= 0.3 is 0 Å². The van der Waals surface area contributed by atoms with Crippen LogP contribution in [0.3, 0.4) is 0 Å². The van der Waals surface area contributed by atoms with Crippen molar-refractivity contribution in [2.75, 3.05) is 26.0 Å². The van der Waals surface area contributed by atoms with Crippen molar-refractivity contribution >= 4 is 35.8 Å². The van der Waals surface area contributed by atoms with E-state index in [-0.39, 0.29) is 12.4 Å². The molecule has 19 heavy (non-hydrogen) atoms. The predicted molar refractivity (Wildman–Crippen MR) is 81.8 cm³/mol. The summed E-state index contributed by atoms with van der Waals surface area (Å²) in [4.78, 5) is 8.35. The van der Waals surface area contributed by atoms with Gasteiger partial charge in [-0.1, -0.05) is 23.4 Å². The van der Waals surface area contributed by atoms with Crippen molar-refractivity contribution in [2.45, 2.75) is 24.4 Å². The van der Waals surface area contributed by atoms with Crippen molar-refractivity contribution in [1.29, 1.82) is 0 Å². The minimum absolute atomic E-state index is 0. The van der Waals surface area contributed by atoms with E-state index < -0.39 is 0 Å². The number of ether oxygens (including phenoxy) is 1. The van der Waals surface area contributed by atoms with E-state index in [0.29, 0.717) is 22.8 Å². The van der Waals surface area contributed by atoms with Gasteiger partial charge in [-0.3, -0.25) is 0 Å². The highest BCUT2D eigenvalue weighted by molar-refractivity contribution is 7.98. The zero-order valence-electron chi connectivity index (χ0n) is 10.9. The lowest BCUT2D eigenvalue weighted by Gasteiger charge is -2.22. The van der Waals surface area contributed by atoms with E-state index in [9.17, 15) is 0 Å². The Morgan fingerprint density at radius 3 is 2.84 bits per heavy atom. The first-order valence-electron chi connectivity index (χ1n) is 6.20. The van der Waals surface area contributed by atoms with E-state index in [0.717, 1.165) is 25.4 Å². The van der Waals surface area contributed by atoms with Crippen molar-refractivity contribution < 1.29 is 4.74 Å². The second-order valence-corrected chi connectivity index (χ2v) is 5.51. The Balaban J connectivity index is 0.00000180. The molecule has 0 radical (unpaired) electrons. The normalized spacial score (nSPS) is 15.9. The molecule has 1 aromatic rings. The molecule has 2 rings (SSSR count). The molecule has 0 unspecified atom stereocenters. The number of hydrogen-bond acceptors (Lipinski definition) is 5. The molecule has 1 aromatic heterocycles. The third-order valence-corrected chi connectivity index (χ3v) is 3.81. The zero-order chi connectivity index (χ0) is 12.8. The summed E-state index contributed by atoms with van der Waals surface area (Å²) < 4.78 is 5.66. The highest BCUT2D eigenvalue weighted by Crippen LogP contribution is 2.20. The topological polar surface area (TPSA) is 47.0 Å². The van der Waals surface area contributed by atoms with E-state index in [1.165, 1.54) is 24.6 Å². The lowest BCUT2D eigenvalue weighted by atomic mass is 9.95. The van der Waals surface area contributed by atoms with Gasteiger partial charge in [-0.05, 0) is 44.5 Å². The summed E-state index contributed by atoms with van der Waals surface area (Å²) in [5.41, 5.74) is 0. The molecule has 1 aliphatic heterocycles. The van der Waals surface area contributed by atoms with Crippen molar-refractivity contribution in [3.05, 3.63) is 11.2 Å². The van der Waals surface area contributed by atoms with Gasteiger partial charge in [-0.25, -0.2) is 4.98 Å². The first-order chi connectivity index (χ1) is 8.78. The van der Waals surface area contributed by atoms with Gasteiger partial charge in [0, 0.05) is 6.07 Å². The lowest BCUT2D eigenvalue weighted by Crippen LogP contribution is -2.28. The van der Waals surface area contributed by atoms with Crippen LogP contribution in [0.1, 0.15) is 19.3 Å². The maximum absolute atomic E-state index is 5.90. The van der Waals surface area contributed by atoms with Crippen LogP contribution >= 0.6 is 35.8 Å². The Bertz CT molecular complexity index is 389. The standard InChI is InChI=1S/C12H18ClN3OS.ClH/c1-18-12-15-10(13)8-11(16-12)17-7-4-9-2-5-14-6-3-9;/h8-9,14H,2-7H2,1H3;1H. The Kier molecular flexibility index (Phi) is 7.83. The molecular weight excluding hydrogens is 305 g/mol. The fraction of sp³-hybridized carbons (Fsp3) is 0.667. The van der Waals surface area contributed by atoms with Crippen molar-refractivity contribution in [1.82, 2.24) is 15.3 Å². The Morgan fingerprint density at radius 1 is 1.42 bits per heavy atom. The monoisotopic (exact) mass is 323 g/mol. The van der Waals surface area contributed by atoms with E-state index in [1.807, 2.05) is 6.26 Å². The van der Waals surface area contributed by atoms with Crippen LogP contribution in [-0.4, -0.2) is 35.9 Å². The quantitative estimate of drug-likeness (QED) is 0.512. The highest BCUT2D eigenvalue weighted by Gasteiger charge is 2.13. The molecule has 108 valence electrons. The smallest absolute Gasteiger partial charge is 0.218 e. The summed E-state index contributed by atoms with van der Waals surface area (Å²) in [6, 6.07) is 1.67. The summed E-state index contributed by atoms with van der Waals surface area (Å²) in [6.07, 6.45) is 5.48. The van der Waals surface area contributed by atoms with E-state index in [4.69, 9.17) is 16.3 Å². The SMILES string of the molecule is CSc1nc(Cl)cc(OCCC2CCNCC2)n1.Cl. The molecule has 0 spiro atoms. The van der Waals surface area contributed by atoms with Gasteiger partial charge in [0.1, 0.15) is 5.15 Å². The number of halogens is 2. The second-order valence-electron chi connectivity index (χ2n) is 4.35. The summed E-state index contributed by atoms with van der Waals surface area (Å²) in [5.74, 6) is 1.34. The highest BCUT2D eigenvalue weighted by atomic mass is 35.5.